The maximum atomic E-state index is 13.2. The molecule has 2 rings (SSSR count). The summed E-state index contributed by atoms with van der Waals surface area (Å²) in [5, 5.41) is 2.77. The Labute approximate surface area is 177 Å². The van der Waals surface area contributed by atoms with Gasteiger partial charge in [0.1, 0.15) is 11.6 Å². The average molecular weight is 414 g/mol. The molecule has 2 unspecified atom stereocenters. The van der Waals surface area contributed by atoms with Gasteiger partial charge < -0.3 is 5.32 Å². The Morgan fingerprint density at radius 2 is 1.73 bits per heavy atom. The first kappa shape index (κ1) is 23.6. The molecule has 0 radical (unpaired) electrons. The molecule has 6 heteroatoms. The number of carbonyl (C=O) groups is 5. The molecule has 6 nitrogen and oxygen atoms in total. The highest BCUT2D eigenvalue weighted by molar-refractivity contribution is 6.30. The Balaban J connectivity index is 2.21. The molecule has 0 heterocycles. The van der Waals surface area contributed by atoms with Crippen LogP contribution >= 0.6 is 0 Å². The largest absolute Gasteiger partial charge is 0.325 e. The Kier molecular flexibility index (Phi) is 8.63. The highest BCUT2D eigenvalue weighted by atomic mass is 16.2. The molecule has 0 saturated heterocycles. The fourth-order valence-corrected chi connectivity index (χ4v) is 3.96. The summed E-state index contributed by atoms with van der Waals surface area (Å²) < 4.78 is 0. The molecule has 1 amide bonds. The second-order valence-electron chi connectivity index (χ2n) is 7.94. The lowest BCUT2D eigenvalue weighted by molar-refractivity contribution is -0.123. The number of anilines is 1. The van der Waals surface area contributed by atoms with E-state index in [1.54, 1.807) is 25.1 Å². The van der Waals surface area contributed by atoms with E-state index in [0.29, 0.717) is 18.5 Å². The standard InChI is InChI=1S/C24H31NO5/c1-4-6-7-8-12-20(28)25-19-11-9-10-18-21(19)24(30)22(23(18)29)17(15(3)26)14-13-16(27)5-2/h9-11,17,22H,4-8,12-14H2,1-3H3,(H,25,28). The summed E-state index contributed by atoms with van der Waals surface area (Å²) in [6.45, 7) is 5.19. The van der Waals surface area contributed by atoms with Crippen molar-refractivity contribution < 1.29 is 24.0 Å². The number of fused-ring (bicyclic) bond motifs is 1. The maximum absolute atomic E-state index is 13.2. The van der Waals surface area contributed by atoms with Gasteiger partial charge >= 0.3 is 0 Å². The van der Waals surface area contributed by atoms with Crippen LogP contribution in [0.3, 0.4) is 0 Å². The van der Waals surface area contributed by atoms with Crippen molar-refractivity contribution in [3.63, 3.8) is 0 Å². The van der Waals surface area contributed by atoms with Gasteiger partial charge in [-0.3, -0.25) is 24.0 Å². The third-order valence-electron chi connectivity index (χ3n) is 5.73. The molecule has 162 valence electrons. The molecule has 1 aliphatic carbocycles. The summed E-state index contributed by atoms with van der Waals surface area (Å²) in [5.41, 5.74) is 0.741. The molecular weight excluding hydrogens is 382 g/mol. The van der Waals surface area contributed by atoms with Crippen molar-refractivity contribution in [2.75, 3.05) is 5.32 Å². The van der Waals surface area contributed by atoms with E-state index in [-0.39, 0.29) is 41.4 Å². The van der Waals surface area contributed by atoms with Crippen LogP contribution in [0, 0.1) is 11.8 Å². The summed E-state index contributed by atoms with van der Waals surface area (Å²) in [6, 6.07) is 4.79. The molecule has 0 saturated carbocycles. The molecule has 0 aliphatic heterocycles. The molecule has 1 N–H and O–H groups in total. The van der Waals surface area contributed by atoms with Gasteiger partial charge in [-0.25, -0.2) is 0 Å². The fraction of sp³-hybridized carbons (Fsp3) is 0.542. The van der Waals surface area contributed by atoms with Crippen molar-refractivity contribution >= 4 is 34.7 Å². The summed E-state index contributed by atoms with van der Waals surface area (Å²) in [7, 11) is 0. The first-order valence-corrected chi connectivity index (χ1v) is 10.8. The minimum atomic E-state index is -1.12. The van der Waals surface area contributed by atoms with Gasteiger partial charge in [0, 0.05) is 30.7 Å². The van der Waals surface area contributed by atoms with Gasteiger partial charge in [0.05, 0.1) is 17.2 Å². The number of benzene rings is 1. The molecule has 0 spiro atoms. The Bertz CT molecular complexity index is 842. The zero-order chi connectivity index (χ0) is 22.3. The van der Waals surface area contributed by atoms with Crippen molar-refractivity contribution in [3.8, 4) is 0 Å². The maximum Gasteiger partial charge on any atom is 0.224 e. The third kappa shape index (κ3) is 5.49. The molecule has 1 aliphatic rings. The predicted octanol–water partition coefficient (Wildman–Crippen LogP) is 4.56. The minimum absolute atomic E-state index is 0.00677. The summed E-state index contributed by atoms with van der Waals surface area (Å²) in [6.07, 6.45) is 4.92. The topological polar surface area (TPSA) is 97.4 Å². The first-order chi connectivity index (χ1) is 14.3. The van der Waals surface area contributed by atoms with Gasteiger partial charge in [-0.2, -0.15) is 0 Å². The molecule has 0 bridgehead atoms. The van der Waals surface area contributed by atoms with E-state index in [4.69, 9.17) is 0 Å². The van der Waals surface area contributed by atoms with E-state index < -0.39 is 23.4 Å². The Morgan fingerprint density at radius 1 is 1.00 bits per heavy atom. The summed E-state index contributed by atoms with van der Waals surface area (Å²) in [5.74, 6) is -3.28. The van der Waals surface area contributed by atoms with Gasteiger partial charge in [-0.1, -0.05) is 45.2 Å². The smallest absolute Gasteiger partial charge is 0.224 e. The lowest BCUT2D eigenvalue weighted by atomic mass is 9.81. The number of nitrogens with one attached hydrogen (secondary N) is 1. The van der Waals surface area contributed by atoms with E-state index in [2.05, 4.69) is 12.2 Å². The number of hydrogen-bond donors (Lipinski definition) is 1. The van der Waals surface area contributed by atoms with E-state index >= 15 is 0 Å². The molecule has 2 atom stereocenters. The number of unbranched alkanes of at least 4 members (excludes halogenated alkanes) is 3. The SMILES string of the molecule is CCCCCCC(=O)Nc1cccc2c1C(=O)C(C(CCC(=O)CC)C(C)=O)C2=O. The summed E-state index contributed by atoms with van der Waals surface area (Å²) >= 11 is 0. The van der Waals surface area contributed by atoms with Gasteiger partial charge in [-0.05, 0) is 25.8 Å². The van der Waals surface area contributed by atoms with Crippen molar-refractivity contribution in [2.45, 2.75) is 72.1 Å². The zero-order valence-electron chi connectivity index (χ0n) is 18.1. The van der Waals surface area contributed by atoms with Crippen LogP contribution in [0.15, 0.2) is 18.2 Å². The lowest BCUT2D eigenvalue weighted by Crippen LogP contribution is -2.31. The molecule has 30 heavy (non-hydrogen) atoms. The van der Waals surface area contributed by atoms with Crippen LogP contribution in [0.4, 0.5) is 5.69 Å². The molecule has 0 aromatic heterocycles. The van der Waals surface area contributed by atoms with Crippen molar-refractivity contribution in [1.29, 1.82) is 0 Å². The van der Waals surface area contributed by atoms with Crippen LogP contribution in [0.2, 0.25) is 0 Å². The molecular formula is C24H31NO5. The average Bonchev–Trinajstić information content (AvgIpc) is 2.97. The van der Waals surface area contributed by atoms with Crippen LogP contribution in [-0.2, 0) is 14.4 Å². The number of amides is 1. The monoisotopic (exact) mass is 413 g/mol. The first-order valence-electron chi connectivity index (χ1n) is 10.8. The second-order valence-corrected chi connectivity index (χ2v) is 7.94. The van der Waals surface area contributed by atoms with Crippen LogP contribution in [0.5, 0.6) is 0 Å². The molecule has 0 fully saturated rings. The second kappa shape index (κ2) is 11.0. The van der Waals surface area contributed by atoms with E-state index in [0.717, 1.165) is 25.7 Å². The number of rotatable bonds is 12. The Hall–Kier alpha value is -2.63. The van der Waals surface area contributed by atoms with Crippen molar-refractivity contribution in [1.82, 2.24) is 0 Å². The lowest BCUT2D eigenvalue weighted by Gasteiger charge is -2.18. The van der Waals surface area contributed by atoms with Crippen LogP contribution in [0.25, 0.3) is 0 Å². The third-order valence-corrected chi connectivity index (χ3v) is 5.73. The predicted molar refractivity (Wildman–Crippen MR) is 115 cm³/mol. The highest BCUT2D eigenvalue weighted by Crippen LogP contribution is 2.38. The van der Waals surface area contributed by atoms with Gasteiger partial charge in [0.25, 0.3) is 0 Å². The van der Waals surface area contributed by atoms with Crippen LogP contribution in [0.1, 0.15) is 92.9 Å². The molecule has 1 aromatic rings. The van der Waals surface area contributed by atoms with Crippen molar-refractivity contribution in [3.05, 3.63) is 29.3 Å². The zero-order valence-corrected chi connectivity index (χ0v) is 18.1. The highest BCUT2D eigenvalue weighted by Gasteiger charge is 2.46. The fourth-order valence-electron chi connectivity index (χ4n) is 3.96. The van der Waals surface area contributed by atoms with E-state index in [1.165, 1.54) is 6.92 Å². The van der Waals surface area contributed by atoms with E-state index in [1.807, 2.05) is 0 Å². The minimum Gasteiger partial charge on any atom is -0.325 e. The van der Waals surface area contributed by atoms with Gasteiger partial charge in [0.2, 0.25) is 5.91 Å². The quantitative estimate of drug-likeness (QED) is 0.400. The number of hydrogen-bond acceptors (Lipinski definition) is 5. The molecule has 1 aromatic carbocycles. The van der Waals surface area contributed by atoms with Gasteiger partial charge in [-0.15, -0.1) is 0 Å². The Morgan fingerprint density at radius 3 is 2.37 bits per heavy atom. The number of ketones is 4. The normalized spacial score (nSPS) is 16.3. The number of carbonyl (C=O) groups excluding carboxylic acids is 5. The van der Waals surface area contributed by atoms with Gasteiger partial charge in [0.15, 0.2) is 11.6 Å². The van der Waals surface area contributed by atoms with E-state index in [9.17, 15) is 24.0 Å². The van der Waals surface area contributed by atoms with Crippen molar-refractivity contribution in [2.24, 2.45) is 11.8 Å². The summed E-state index contributed by atoms with van der Waals surface area (Å²) in [4.78, 5) is 62.4. The van der Waals surface area contributed by atoms with Crippen LogP contribution in [-0.4, -0.2) is 29.0 Å². The number of Topliss-reactive ketones (excluding diaryl/α,β-unsaturated/α-hetero) is 4. The van der Waals surface area contributed by atoms with Crippen LogP contribution < -0.4 is 5.32 Å².